The molecule has 0 amide bonds. The van der Waals surface area contributed by atoms with E-state index in [1.54, 1.807) is 0 Å². The van der Waals surface area contributed by atoms with Crippen molar-refractivity contribution in [2.75, 3.05) is 18.0 Å². The zero-order valence-electron chi connectivity index (χ0n) is 18.9. The lowest BCUT2D eigenvalue weighted by atomic mass is 9.69. The standard InChI is InChI=1S/C27H31Cl2N3/c1-18-5-6-19(2)31-26(30-17-18)11-14-32-24-9-7-20(28)15-22(24)27(12-3-4-13-27)23-16-21(29)8-10-25(23)32/h5,7-10,15-16,19H,3-4,6,11-14,17H2,1-2H3,(H,30,31). The van der Waals surface area contributed by atoms with Crippen molar-refractivity contribution in [3.05, 3.63) is 69.2 Å². The summed E-state index contributed by atoms with van der Waals surface area (Å²) in [4.78, 5) is 7.33. The fourth-order valence-corrected chi connectivity index (χ4v) is 6.05. The first-order chi connectivity index (χ1) is 15.5. The van der Waals surface area contributed by atoms with Crippen LogP contribution in [0.15, 0.2) is 53.0 Å². The number of rotatable bonds is 3. The average Bonchev–Trinajstić information content (AvgIpc) is 3.26. The maximum Gasteiger partial charge on any atom is 0.0987 e. The van der Waals surface area contributed by atoms with E-state index in [0.29, 0.717) is 6.04 Å². The highest BCUT2D eigenvalue weighted by Gasteiger charge is 2.45. The van der Waals surface area contributed by atoms with Gasteiger partial charge in [0, 0.05) is 45.8 Å². The number of halogens is 2. The molecule has 0 bridgehead atoms. The second-order valence-corrected chi connectivity index (χ2v) is 10.5. The number of amidine groups is 1. The Kier molecular flexibility index (Phi) is 5.98. The predicted octanol–water partition coefficient (Wildman–Crippen LogP) is 7.42. The molecule has 2 aliphatic heterocycles. The minimum absolute atomic E-state index is 0.0173. The van der Waals surface area contributed by atoms with Crippen molar-refractivity contribution in [1.29, 1.82) is 0 Å². The summed E-state index contributed by atoms with van der Waals surface area (Å²) in [6, 6.07) is 13.2. The fraction of sp³-hybridized carbons (Fsp3) is 0.444. The molecule has 2 aromatic carbocycles. The molecule has 1 N–H and O–H groups in total. The van der Waals surface area contributed by atoms with Gasteiger partial charge in [-0.3, -0.25) is 4.99 Å². The van der Waals surface area contributed by atoms with Crippen LogP contribution in [0, 0.1) is 0 Å². The largest absolute Gasteiger partial charge is 0.371 e. The Morgan fingerprint density at radius 3 is 2.28 bits per heavy atom. The minimum Gasteiger partial charge on any atom is -0.371 e. The van der Waals surface area contributed by atoms with Gasteiger partial charge in [-0.05, 0) is 80.6 Å². The molecule has 3 aliphatic rings. The zero-order chi connectivity index (χ0) is 22.3. The monoisotopic (exact) mass is 467 g/mol. The number of fused-ring (bicyclic) bond motifs is 4. The van der Waals surface area contributed by atoms with Gasteiger partial charge in [0.2, 0.25) is 0 Å². The first kappa shape index (κ1) is 21.9. The summed E-state index contributed by atoms with van der Waals surface area (Å²) >= 11 is 13.1. The molecule has 1 spiro atoms. The Labute approximate surface area is 201 Å². The van der Waals surface area contributed by atoms with Gasteiger partial charge in [0.25, 0.3) is 0 Å². The lowest BCUT2D eigenvalue weighted by Crippen LogP contribution is -2.39. The Morgan fingerprint density at radius 2 is 1.66 bits per heavy atom. The van der Waals surface area contributed by atoms with E-state index in [1.807, 2.05) is 12.1 Å². The molecule has 0 saturated heterocycles. The number of nitrogens with one attached hydrogen (secondary N) is 1. The molecular formula is C27H31Cl2N3. The average molecular weight is 468 g/mol. The number of aliphatic imine (C=N–C) groups is 1. The van der Waals surface area contributed by atoms with Crippen LogP contribution in [0.1, 0.15) is 63.5 Å². The van der Waals surface area contributed by atoms with E-state index in [-0.39, 0.29) is 5.41 Å². The number of anilines is 2. The molecule has 168 valence electrons. The van der Waals surface area contributed by atoms with Crippen molar-refractivity contribution in [2.24, 2.45) is 4.99 Å². The van der Waals surface area contributed by atoms with Crippen LogP contribution in [-0.4, -0.2) is 25.0 Å². The SMILES string of the molecule is CC1=CCC(C)NC(CCN2c3ccc(Cl)cc3C3(CCCC3)c3cc(Cl)ccc32)=NC1. The highest BCUT2D eigenvalue weighted by Crippen LogP contribution is 2.57. The van der Waals surface area contributed by atoms with Crippen molar-refractivity contribution in [3.8, 4) is 0 Å². The first-order valence-electron chi connectivity index (χ1n) is 11.8. The molecule has 5 rings (SSSR count). The molecule has 1 aliphatic carbocycles. The van der Waals surface area contributed by atoms with Gasteiger partial charge in [-0.1, -0.05) is 47.7 Å². The van der Waals surface area contributed by atoms with Gasteiger partial charge in [-0.15, -0.1) is 0 Å². The Balaban J connectivity index is 1.54. The second-order valence-electron chi connectivity index (χ2n) is 9.61. The molecule has 0 aromatic heterocycles. The van der Waals surface area contributed by atoms with Gasteiger partial charge in [0.05, 0.1) is 12.4 Å². The first-order valence-corrected chi connectivity index (χ1v) is 12.5. The minimum atomic E-state index is 0.0173. The van der Waals surface area contributed by atoms with Gasteiger partial charge in [-0.2, -0.15) is 0 Å². The van der Waals surface area contributed by atoms with Crippen LogP contribution in [0.25, 0.3) is 0 Å². The second kappa shape index (κ2) is 8.76. The van der Waals surface area contributed by atoms with Crippen LogP contribution in [-0.2, 0) is 5.41 Å². The summed E-state index contributed by atoms with van der Waals surface area (Å²) in [6.45, 7) is 6.03. The molecule has 1 fully saturated rings. The normalized spacial score (nSPS) is 21.8. The quantitative estimate of drug-likeness (QED) is 0.475. The van der Waals surface area contributed by atoms with E-state index in [4.69, 9.17) is 28.2 Å². The summed E-state index contributed by atoms with van der Waals surface area (Å²) in [6.07, 6.45) is 8.99. The summed E-state index contributed by atoms with van der Waals surface area (Å²) in [5, 5.41) is 5.25. The molecule has 1 atom stereocenters. The Morgan fingerprint density at radius 1 is 1.03 bits per heavy atom. The molecular weight excluding hydrogens is 437 g/mol. The summed E-state index contributed by atoms with van der Waals surface area (Å²) in [5.41, 5.74) is 6.64. The Hall–Kier alpha value is -1.97. The van der Waals surface area contributed by atoms with Crippen molar-refractivity contribution in [2.45, 2.75) is 63.8 Å². The van der Waals surface area contributed by atoms with Crippen molar-refractivity contribution >= 4 is 40.4 Å². The van der Waals surface area contributed by atoms with Crippen molar-refractivity contribution in [3.63, 3.8) is 0 Å². The number of nitrogens with zero attached hydrogens (tertiary/aromatic N) is 2. The van der Waals surface area contributed by atoms with Crippen LogP contribution in [0.4, 0.5) is 11.4 Å². The third-order valence-electron chi connectivity index (χ3n) is 7.31. The van der Waals surface area contributed by atoms with Crippen LogP contribution >= 0.6 is 23.2 Å². The Bertz CT molecular complexity index is 1030. The van der Waals surface area contributed by atoms with Crippen LogP contribution in [0.5, 0.6) is 0 Å². The molecule has 5 heteroatoms. The van der Waals surface area contributed by atoms with Crippen LogP contribution in [0.3, 0.4) is 0 Å². The highest BCUT2D eigenvalue weighted by atomic mass is 35.5. The number of benzene rings is 2. The van der Waals surface area contributed by atoms with Gasteiger partial charge in [0.15, 0.2) is 0 Å². The van der Waals surface area contributed by atoms with Crippen LogP contribution < -0.4 is 10.2 Å². The number of hydrogen-bond donors (Lipinski definition) is 1. The number of hydrogen-bond acceptors (Lipinski definition) is 3. The third-order valence-corrected chi connectivity index (χ3v) is 7.78. The van der Waals surface area contributed by atoms with E-state index in [2.05, 4.69) is 54.4 Å². The molecule has 32 heavy (non-hydrogen) atoms. The topological polar surface area (TPSA) is 27.6 Å². The zero-order valence-corrected chi connectivity index (χ0v) is 20.4. The van der Waals surface area contributed by atoms with Crippen LogP contribution in [0.2, 0.25) is 10.0 Å². The third kappa shape index (κ3) is 3.95. The van der Waals surface area contributed by atoms with E-state index >= 15 is 0 Å². The van der Waals surface area contributed by atoms with Crippen molar-refractivity contribution < 1.29 is 0 Å². The maximum absolute atomic E-state index is 6.53. The smallest absolute Gasteiger partial charge is 0.0987 e. The molecule has 1 saturated carbocycles. The summed E-state index contributed by atoms with van der Waals surface area (Å²) in [5.74, 6) is 1.09. The van der Waals surface area contributed by atoms with E-state index < -0.39 is 0 Å². The lowest BCUT2D eigenvalue weighted by molar-refractivity contribution is 0.526. The molecule has 2 aromatic rings. The lowest BCUT2D eigenvalue weighted by Gasteiger charge is -2.44. The van der Waals surface area contributed by atoms with Gasteiger partial charge >= 0.3 is 0 Å². The van der Waals surface area contributed by atoms with Gasteiger partial charge in [-0.25, -0.2) is 0 Å². The molecule has 0 radical (unpaired) electrons. The molecule has 2 heterocycles. The molecule has 3 nitrogen and oxygen atoms in total. The maximum atomic E-state index is 6.53. The van der Waals surface area contributed by atoms with Gasteiger partial charge < -0.3 is 10.2 Å². The predicted molar refractivity (Wildman–Crippen MR) is 137 cm³/mol. The van der Waals surface area contributed by atoms with E-state index in [9.17, 15) is 0 Å². The summed E-state index contributed by atoms with van der Waals surface area (Å²) in [7, 11) is 0. The molecule has 1 unspecified atom stereocenters. The fourth-order valence-electron chi connectivity index (χ4n) is 5.71. The van der Waals surface area contributed by atoms with E-state index in [1.165, 1.54) is 40.9 Å². The van der Waals surface area contributed by atoms with Crippen molar-refractivity contribution in [1.82, 2.24) is 5.32 Å². The van der Waals surface area contributed by atoms with Gasteiger partial charge in [0.1, 0.15) is 0 Å². The van der Waals surface area contributed by atoms with E-state index in [0.717, 1.165) is 54.7 Å². The summed E-state index contributed by atoms with van der Waals surface area (Å²) < 4.78 is 0. The highest BCUT2D eigenvalue weighted by molar-refractivity contribution is 6.31.